The molecular weight excluding hydrogens is 283 g/mol. The maximum Gasteiger partial charge on any atom is 0.436 e. The van der Waals surface area contributed by atoms with E-state index >= 15 is 0 Å². The molecule has 0 radical (unpaired) electrons. The number of nitrogens with zero attached hydrogens (tertiary/aromatic N) is 1. The topological polar surface area (TPSA) is 90.7 Å². The standard InChI is InChI=1S/C12H15N2O5P/c1-3-17-20(16,18-4-2)14-12-13-11(15)9-7-5-6-8-10(9)19-12/h5-8H,3-4H2,1-2H3,(H,13,14,15,16). The maximum absolute atomic E-state index is 12.3. The highest BCUT2D eigenvalue weighted by molar-refractivity contribution is 7.55. The summed E-state index contributed by atoms with van der Waals surface area (Å²) in [5.41, 5.74) is -0.136. The van der Waals surface area contributed by atoms with Gasteiger partial charge in [-0.1, -0.05) is 12.1 Å². The fourth-order valence-electron chi connectivity index (χ4n) is 1.62. The average molecular weight is 298 g/mol. The van der Waals surface area contributed by atoms with Crippen LogP contribution in [-0.4, -0.2) is 18.2 Å². The zero-order valence-electron chi connectivity index (χ0n) is 11.2. The molecule has 2 aromatic rings. The van der Waals surface area contributed by atoms with E-state index in [-0.39, 0.29) is 19.2 Å². The first-order valence-corrected chi connectivity index (χ1v) is 7.69. The summed E-state index contributed by atoms with van der Waals surface area (Å²) in [6, 6.07) is 6.45. The Morgan fingerprint density at radius 2 is 1.90 bits per heavy atom. The van der Waals surface area contributed by atoms with Gasteiger partial charge in [0.2, 0.25) is 0 Å². The molecule has 1 heterocycles. The van der Waals surface area contributed by atoms with Crippen molar-refractivity contribution in [2.24, 2.45) is 0 Å². The van der Waals surface area contributed by atoms with Crippen molar-refractivity contribution in [2.45, 2.75) is 13.8 Å². The second kappa shape index (κ2) is 6.17. The molecule has 7 nitrogen and oxygen atoms in total. The van der Waals surface area contributed by atoms with E-state index in [0.717, 1.165) is 0 Å². The van der Waals surface area contributed by atoms with Gasteiger partial charge in [-0.05, 0) is 26.0 Å². The van der Waals surface area contributed by atoms with Gasteiger partial charge in [-0.15, -0.1) is 0 Å². The number of para-hydroxylation sites is 1. The normalized spacial score (nSPS) is 11.7. The van der Waals surface area contributed by atoms with Gasteiger partial charge >= 0.3 is 13.8 Å². The molecule has 20 heavy (non-hydrogen) atoms. The molecule has 0 bridgehead atoms. The van der Waals surface area contributed by atoms with Crippen molar-refractivity contribution >= 4 is 24.7 Å². The van der Waals surface area contributed by atoms with E-state index in [2.05, 4.69) is 10.1 Å². The third-order valence-electron chi connectivity index (χ3n) is 2.36. The lowest BCUT2D eigenvalue weighted by Gasteiger charge is -2.16. The van der Waals surface area contributed by atoms with Crippen LogP contribution in [0.25, 0.3) is 11.0 Å². The maximum atomic E-state index is 12.3. The molecule has 2 rings (SSSR count). The predicted molar refractivity (Wildman–Crippen MR) is 74.8 cm³/mol. The number of aromatic nitrogens is 1. The van der Waals surface area contributed by atoms with Crippen LogP contribution in [0.2, 0.25) is 0 Å². The summed E-state index contributed by atoms with van der Waals surface area (Å²) in [6.45, 7) is 3.72. The fraction of sp³-hybridized carbons (Fsp3) is 0.333. The lowest BCUT2D eigenvalue weighted by molar-refractivity contribution is 0.224. The summed E-state index contributed by atoms with van der Waals surface area (Å²) in [5.74, 6) is 0. The molecular formula is C12H15N2O5P. The Balaban J connectivity index is 2.38. The van der Waals surface area contributed by atoms with Crippen molar-refractivity contribution in [1.82, 2.24) is 4.98 Å². The molecule has 0 aliphatic heterocycles. The quantitative estimate of drug-likeness (QED) is 0.820. The molecule has 1 aromatic carbocycles. The number of hydrogen-bond donors (Lipinski definition) is 1. The second-order valence-electron chi connectivity index (χ2n) is 3.77. The number of anilines is 1. The zero-order chi connectivity index (χ0) is 14.6. The second-order valence-corrected chi connectivity index (χ2v) is 5.50. The van der Waals surface area contributed by atoms with Crippen LogP contribution in [0, 0.1) is 0 Å². The van der Waals surface area contributed by atoms with Crippen LogP contribution in [0.15, 0.2) is 33.5 Å². The molecule has 108 valence electrons. The number of hydrogen-bond acceptors (Lipinski definition) is 6. The van der Waals surface area contributed by atoms with Gasteiger partial charge in [0.05, 0.1) is 18.6 Å². The molecule has 0 amide bonds. The molecule has 1 aromatic heterocycles. The van der Waals surface area contributed by atoms with Gasteiger partial charge < -0.3 is 4.42 Å². The number of nitrogens with one attached hydrogen (secondary N) is 1. The number of benzene rings is 1. The predicted octanol–water partition coefficient (Wildman–Crippen LogP) is 2.78. The third-order valence-corrected chi connectivity index (χ3v) is 4.02. The lowest BCUT2D eigenvalue weighted by Crippen LogP contribution is -2.12. The van der Waals surface area contributed by atoms with Crippen molar-refractivity contribution in [3.8, 4) is 0 Å². The van der Waals surface area contributed by atoms with E-state index in [1.54, 1.807) is 38.1 Å². The van der Waals surface area contributed by atoms with Crippen LogP contribution in [0.5, 0.6) is 0 Å². The van der Waals surface area contributed by atoms with Crippen molar-refractivity contribution in [3.63, 3.8) is 0 Å². The lowest BCUT2D eigenvalue weighted by atomic mass is 10.3. The van der Waals surface area contributed by atoms with Crippen LogP contribution < -0.4 is 10.6 Å². The van der Waals surface area contributed by atoms with Gasteiger partial charge in [0.25, 0.3) is 5.56 Å². The number of rotatable bonds is 6. The molecule has 0 atom stereocenters. The molecule has 0 spiro atoms. The molecule has 0 fully saturated rings. The van der Waals surface area contributed by atoms with E-state index in [9.17, 15) is 9.36 Å². The van der Waals surface area contributed by atoms with Gasteiger partial charge in [-0.2, -0.15) is 4.98 Å². The van der Waals surface area contributed by atoms with Gasteiger partial charge in [0, 0.05) is 0 Å². The van der Waals surface area contributed by atoms with Crippen LogP contribution in [-0.2, 0) is 13.6 Å². The summed E-state index contributed by atoms with van der Waals surface area (Å²) in [4.78, 5) is 15.5. The van der Waals surface area contributed by atoms with E-state index in [1.807, 2.05) is 0 Å². The van der Waals surface area contributed by atoms with Crippen LogP contribution in [0.4, 0.5) is 6.01 Å². The Bertz CT molecular complexity index is 690. The fourth-order valence-corrected chi connectivity index (χ4v) is 2.83. The molecule has 0 aliphatic rings. The highest BCUT2D eigenvalue weighted by atomic mass is 31.2. The average Bonchev–Trinajstić information content (AvgIpc) is 2.39. The molecule has 0 unspecified atom stereocenters. The molecule has 8 heteroatoms. The number of fused-ring (bicyclic) bond motifs is 1. The van der Waals surface area contributed by atoms with Crippen molar-refractivity contribution < 1.29 is 18.0 Å². The first-order chi connectivity index (χ1) is 9.58. The first kappa shape index (κ1) is 14.7. The minimum atomic E-state index is -3.58. The Kier molecular flexibility index (Phi) is 4.54. The van der Waals surface area contributed by atoms with E-state index in [1.165, 1.54) is 0 Å². The smallest absolute Gasteiger partial charge is 0.425 e. The summed E-state index contributed by atoms with van der Waals surface area (Å²) in [7, 11) is -3.58. The van der Waals surface area contributed by atoms with Gasteiger partial charge in [-0.3, -0.25) is 13.8 Å². The van der Waals surface area contributed by atoms with Gasteiger partial charge in [0.1, 0.15) is 5.58 Å². The minimum Gasteiger partial charge on any atom is -0.425 e. The Hall–Kier alpha value is -1.69. The van der Waals surface area contributed by atoms with Gasteiger partial charge in [-0.25, -0.2) is 9.65 Å². The molecule has 0 saturated heterocycles. The van der Waals surface area contributed by atoms with Crippen LogP contribution >= 0.6 is 7.75 Å². The van der Waals surface area contributed by atoms with Crippen molar-refractivity contribution in [3.05, 3.63) is 34.6 Å². The van der Waals surface area contributed by atoms with E-state index in [4.69, 9.17) is 13.5 Å². The Morgan fingerprint density at radius 3 is 2.55 bits per heavy atom. The summed E-state index contributed by atoms with van der Waals surface area (Å²) >= 11 is 0. The van der Waals surface area contributed by atoms with Gasteiger partial charge in [0.15, 0.2) is 0 Å². The van der Waals surface area contributed by atoms with Crippen molar-refractivity contribution in [1.29, 1.82) is 0 Å². The highest BCUT2D eigenvalue weighted by Gasteiger charge is 2.26. The summed E-state index contributed by atoms with van der Waals surface area (Å²) < 4.78 is 27.7. The van der Waals surface area contributed by atoms with E-state index in [0.29, 0.717) is 11.0 Å². The van der Waals surface area contributed by atoms with E-state index < -0.39 is 13.3 Å². The van der Waals surface area contributed by atoms with Crippen LogP contribution in [0.3, 0.4) is 0 Å². The summed E-state index contributed by atoms with van der Waals surface area (Å²) in [5, 5.41) is 2.77. The SMILES string of the molecule is CCOP(=O)(Nc1nc(=O)c2ccccc2o1)OCC. The zero-order valence-corrected chi connectivity index (χ0v) is 12.1. The first-order valence-electron chi connectivity index (χ1n) is 6.15. The highest BCUT2D eigenvalue weighted by Crippen LogP contribution is 2.47. The Morgan fingerprint density at radius 1 is 1.25 bits per heavy atom. The molecule has 0 aliphatic carbocycles. The third kappa shape index (κ3) is 3.25. The Labute approximate surface area is 115 Å². The van der Waals surface area contributed by atoms with Crippen molar-refractivity contribution in [2.75, 3.05) is 18.3 Å². The minimum absolute atomic E-state index is 0.183. The molecule has 0 saturated carbocycles. The molecule has 1 N–H and O–H groups in total. The summed E-state index contributed by atoms with van der Waals surface area (Å²) in [6.07, 6.45) is 0. The largest absolute Gasteiger partial charge is 0.436 e. The monoisotopic (exact) mass is 298 g/mol. The van der Waals surface area contributed by atoms with Crippen LogP contribution in [0.1, 0.15) is 13.8 Å².